The van der Waals surface area contributed by atoms with Crippen molar-refractivity contribution >= 4 is 0 Å². The predicted octanol–water partition coefficient (Wildman–Crippen LogP) is 0.809. The summed E-state index contributed by atoms with van der Waals surface area (Å²) in [6, 6.07) is 0. The molecule has 0 aromatic rings. The van der Waals surface area contributed by atoms with Crippen molar-refractivity contribution in [1.29, 1.82) is 0 Å². The van der Waals surface area contributed by atoms with Crippen LogP contribution >= 0.6 is 0 Å². The van der Waals surface area contributed by atoms with Crippen LogP contribution in [-0.2, 0) is 0 Å². The molecule has 0 aromatic carbocycles. The van der Waals surface area contributed by atoms with Crippen LogP contribution in [-0.4, -0.2) is 17.9 Å². The number of nitrogens with two attached hydrogens (primary N) is 2. The normalized spacial score (nSPS) is 13.8. The van der Waals surface area contributed by atoms with Gasteiger partial charge in [0.1, 0.15) is 0 Å². The van der Waals surface area contributed by atoms with Gasteiger partial charge in [-0.1, -0.05) is 19.8 Å². The van der Waals surface area contributed by atoms with Crippen molar-refractivity contribution in [1.82, 2.24) is 0 Å². The van der Waals surface area contributed by atoms with Gasteiger partial charge in [0.2, 0.25) is 0 Å². The van der Waals surface area contributed by atoms with Gasteiger partial charge in [0.05, 0.1) is 6.17 Å². The molecule has 3 heteroatoms. The van der Waals surface area contributed by atoms with E-state index in [-0.39, 0.29) is 6.17 Å². The Morgan fingerprint density at radius 3 is 2.17 bits per heavy atom. The number of hydrogen-bond donors (Lipinski definition) is 3. The van der Waals surface area contributed by atoms with Crippen molar-refractivity contribution in [2.45, 2.75) is 45.2 Å². The van der Waals surface area contributed by atoms with Crippen molar-refractivity contribution in [3.8, 4) is 0 Å². The lowest BCUT2D eigenvalue weighted by atomic mass is 9.99. The molecule has 0 aliphatic heterocycles. The SMILES string of the molecule is CC(CCCO)CCCC(N)N. The van der Waals surface area contributed by atoms with Crippen molar-refractivity contribution in [2.24, 2.45) is 17.4 Å². The first-order valence-electron chi connectivity index (χ1n) is 4.78. The molecule has 12 heavy (non-hydrogen) atoms. The van der Waals surface area contributed by atoms with Gasteiger partial charge in [0.25, 0.3) is 0 Å². The first-order chi connectivity index (χ1) is 5.66. The molecule has 74 valence electrons. The lowest BCUT2D eigenvalue weighted by molar-refractivity contribution is 0.270. The molecule has 3 nitrogen and oxygen atoms in total. The van der Waals surface area contributed by atoms with E-state index in [2.05, 4.69) is 6.92 Å². The van der Waals surface area contributed by atoms with E-state index in [1.54, 1.807) is 0 Å². The summed E-state index contributed by atoms with van der Waals surface area (Å²) in [5.41, 5.74) is 10.8. The van der Waals surface area contributed by atoms with Crippen LogP contribution in [0.15, 0.2) is 0 Å². The van der Waals surface area contributed by atoms with Crippen LogP contribution < -0.4 is 11.5 Å². The molecule has 0 saturated heterocycles. The van der Waals surface area contributed by atoms with E-state index in [0.717, 1.165) is 25.7 Å². The molecule has 0 saturated carbocycles. The molecule has 0 aliphatic carbocycles. The summed E-state index contributed by atoms with van der Waals surface area (Å²) in [5, 5.41) is 8.59. The highest BCUT2D eigenvalue weighted by molar-refractivity contribution is 4.57. The fourth-order valence-electron chi connectivity index (χ4n) is 1.29. The summed E-state index contributed by atoms with van der Waals surface area (Å²) in [6.45, 7) is 2.51. The molecule has 0 radical (unpaired) electrons. The minimum atomic E-state index is -0.157. The van der Waals surface area contributed by atoms with E-state index in [4.69, 9.17) is 16.6 Å². The number of hydrogen-bond acceptors (Lipinski definition) is 3. The van der Waals surface area contributed by atoms with Gasteiger partial charge in [-0.05, 0) is 25.2 Å². The fourth-order valence-corrected chi connectivity index (χ4v) is 1.29. The Hall–Kier alpha value is -0.120. The van der Waals surface area contributed by atoms with Crippen molar-refractivity contribution in [2.75, 3.05) is 6.61 Å². The van der Waals surface area contributed by atoms with E-state index < -0.39 is 0 Å². The monoisotopic (exact) mass is 174 g/mol. The van der Waals surface area contributed by atoms with Gasteiger partial charge < -0.3 is 16.6 Å². The molecular formula is C9H22N2O. The van der Waals surface area contributed by atoms with E-state index >= 15 is 0 Å². The summed E-state index contributed by atoms with van der Waals surface area (Å²) in [6.07, 6.45) is 5.04. The van der Waals surface area contributed by atoms with Crippen LogP contribution in [0.5, 0.6) is 0 Å². The number of aliphatic hydroxyl groups excluding tert-OH is 1. The van der Waals surface area contributed by atoms with Gasteiger partial charge in [-0.2, -0.15) is 0 Å². The average Bonchev–Trinajstić information content (AvgIpc) is 2.00. The quantitative estimate of drug-likeness (QED) is 0.500. The largest absolute Gasteiger partial charge is 0.396 e. The smallest absolute Gasteiger partial charge is 0.0520 e. The van der Waals surface area contributed by atoms with E-state index in [1.807, 2.05) is 0 Å². The molecule has 0 amide bonds. The number of rotatable bonds is 7. The third-order valence-corrected chi connectivity index (χ3v) is 2.09. The van der Waals surface area contributed by atoms with Crippen LogP contribution in [0.2, 0.25) is 0 Å². The summed E-state index contributed by atoms with van der Waals surface area (Å²) in [5.74, 6) is 0.691. The van der Waals surface area contributed by atoms with Crippen LogP contribution in [0.3, 0.4) is 0 Å². The molecular weight excluding hydrogens is 152 g/mol. The van der Waals surface area contributed by atoms with Crippen LogP contribution in [0.25, 0.3) is 0 Å². The Morgan fingerprint density at radius 2 is 1.67 bits per heavy atom. The fraction of sp³-hybridized carbons (Fsp3) is 1.00. The minimum Gasteiger partial charge on any atom is -0.396 e. The molecule has 0 aliphatic rings. The van der Waals surface area contributed by atoms with Crippen molar-refractivity contribution in [3.05, 3.63) is 0 Å². The zero-order valence-electron chi connectivity index (χ0n) is 8.00. The van der Waals surface area contributed by atoms with E-state index in [9.17, 15) is 0 Å². The van der Waals surface area contributed by atoms with E-state index in [1.165, 1.54) is 6.42 Å². The molecule has 0 rings (SSSR count). The maximum Gasteiger partial charge on any atom is 0.0520 e. The maximum absolute atomic E-state index is 8.59. The maximum atomic E-state index is 8.59. The summed E-state index contributed by atoms with van der Waals surface area (Å²) < 4.78 is 0. The van der Waals surface area contributed by atoms with Crippen LogP contribution in [0.4, 0.5) is 0 Å². The minimum absolute atomic E-state index is 0.157. The molecule has 1 atom stereocenters. The van der Waals surface area contributed by atoms with Crippen molar-refractivity contribution < 1.29 is 5.11 Å². The lowest BCUT2D eigenvalue weighted by Crippen LogP contribution is -2.30. The standard InChI is InChI=1S/C9H22N2O/c1-8(5-3-7-12)4-2-6-9(10)11/h8-9,12H,2-7,10-11H2,1H3. The van der Waals surface area contributed by atoms with Crippen LogP contribution in [0, 0.1) is 5.92 Å². The topological polar surface area (TPSA) is 72.3 Å². The molecule has 5 N–H and O–H groups in total. The third kappa shape index (κ3) is 7.98. The zero-order valence-corrected chi connectivity index (χ0v) is 8.00. The second kappa shape index (κ2) is 7.53. The second-order valence-corrected chi connectivity index (χ2v) is 3.57. The second-order valence-electron chi connectivity index (χ2n) is 3.57. The first-order valence-corrected chi connectivity index (χ1v) is 4.78. The van der Waals surface area contributed by atoms with Crippen LogP contribution in [0.1, 0.15) is 39.0 Å². The van der Waals surface area contributed by atoms with Gasteiger partial charge >= 0.3 is 0 Å². The Kier molecular flexibility index (Phi) is 7.45. The summed E-state index contributed by atoms with van der Waals surface area (Å²) in [4.78, 5) is 0. The van der Waals surface area contributed by atoms with Gasteiger partial charge in [-0.15, -0.1) is 0 Å². The Bertz CT molecular complexity index is 96.5. The molecule has 0 spiro atoms. The van der Waals surface area contributed by atoms with Gasteiger partial charge in [0.15, 0.2) is 0 Å². The molecule has 1 unspecified atom stereocenters. The highest BCUT2D eigenvalue weighted by Gasteiger charge is 2.02. The highest BCUT2D eigenvalue weighted by Crippen LogP contribution is 2.13. The molecule has 0 fully saturated rings. The van der Waals surface area contributed by atoms with Gasteiger partial charge in [-0.3, -0.25) is 0 Å². The lowest BCUT2D eigenvalue weighted by Gasteiger charge is -2.10. The number of aliphatic hydroxyl groups is 1. The van der Waals surface area contributed by atoms with Gasteiger partial charge in [0, 0.05) is 6.61 Å². The van der Waals surface area contributed by atoms with Crippen molar-refractivity contribution in [3.63, 3.8) is 0 Å². The molecule has 0 aromatic heterocycles. The third-order valence-electron chi connectivity index (χ3n) is 2.09. The predicted molar refractivity (Wildman–Crippen MR) is 51.5 cm³/mol. The van der Waals surface area contributed by atoms with Gasteiger partial charge in [-0.25, -0.2) is 0 Å². The summed E-state index contributed by atoms with van der Waals surface area (Å²) >= 11 is 0. The average molecular weight is 174 g/mol. The first kappa shape index (κ1) is 11.9. The highest BCUT2D eigenvalue weighted by atomic mass is 16.2. The van der Waals surface area contributed by atoms with E-state index in [0.29, 0.717) is 12.5 Å². The summed E-state index contributed by atoms with van der Waals surface area (Å²) in [7, 11) is 0. The molecule has 0 heterocycles. The molecule has 0 bridgehead atoms. The zero-order chi connectivity index (χ0) is 9.40. The Balaban J connectivity index is 3.13. The Morgan fingerprint density at radius 1 is 1.08 bits per heavy atom. The Labute approximate surface area is 75.1 Å².